The molecule has 11 heteroatoms. The lowest BCUT2D eigenvalue weighted by molar-refractivity contribution is 0.0672. The lowest BCUT2D eigenvalue weighted by atomic mass is 10.1. The molecule has 1 fully saturated rings. The number of rotatable bonds is 6. The van der Waals surface area contributed by atoms with E-state index in [2.05, 4.69) is 16.8 Å². The lowest BCUT2D eigenvalue weighted by Gasteiger charge is -2.45. The first-order valence-electron chi connectivity index (χ1n) is 11.7. The van der Waals surface area contributed by atoms with Gasteiger partial charge >= 0.3 is 0 Å². The van der Waals surface area contributed by atoms with Crippen molar-refractivity contribution in [1.82, 2.24) is 19.8 Å². The zero-order valence-corrected chi connectivity index (χ0v) is 20.5. The van der Waals surface area contributed by atoms with Gasteiger partial charge in [-0.2, -0.15) is 0 Å². The van der Waals surface area contributed by atoms with Gasteiger partial charge in [-0.05, 0) is 36.5 Å². The van der Waals surface area contributed by atoms with E-state index in [4.69, 9.17) is 0 Å². The highest BCUT2D eigenvalue weighted by Crippen LogP contribution is 2.32. The first-order chi connectivity index (χ1) is 17.3. The Morgan fingerprint density at radius 2 is 1.97 bits per heavy atom. The third-order valence-electron chi connectivity index (χ3n) is 6.85. The molecule has 188 valence electrons. The molecule has 0 spiro atoms. The molecule has 0 bridgehead atoms. The number of carbonyl (C=O) groups excluding carboxylic acids is 1. The summed E-state index contributed by atoms with van der Waals surface area (Å²) >= 11 is 1.07. The summed E-state index contributed by atoms with van der Waals surface area (Å²) < 4.78 is 28.9. The fourth-order valence-corrected chi connectivity index (χ4v) is 5.82. The number of aromatic hydroxyl groups is 1. The Balaban J connectivity index is 1.56. The number of carbonyl (C=O) groups is 1. The van der Waals surface area contributed by atoms with Crippen LogP contribution in [-0.4, -0.2) is 50.5 Å². The maximum absolute atomic E-state index is 14.1. The van der Waals surface area contributed by atoms with Crippen molar-refractivity contribution in [2.75, 3.05) is 18.6 Å². The molecule has 2 aliphatic rings. The van der Waals surface area contributed by atoms with Crippen molar-refractivity contribution in [3.63, 3.8) is 0 Å². The van der Waals surface area contributed by atoms with Crippen molar-refractivity contribution in [1.29, 1.82) is 0 Å². The number of benzene rings is 1. The number of likely N-dealkylation sites (N-methyl/N-ethyl adjacent to an activating group) is 1. The first kappa shape index (κ1) is 24.1. The molecular formula is C25H25F2N5O3S. The molecule has 1 atom stereocenters. The van der Waals surface area contributed by atoms with Crippen molar-refractivity contribution in [2.24, 2.45) is 5.92 Å². The molecule has 8 nitrogen and oxygen atoms in total. The Hall–Kier alpha value is -3.60. The number of hydrogen-bond acceptors (Lipinski definition) is 7. The van der Waals surface area contributed by atoms with Crippen molar-refractivity contribution in [3.05, 3.63) is 75.2 Å². The second-order valence-corrected chi connectivity index (χ2v) is 10.2. The van der Waals surface area contributed by atoms with Gasteiger partial charge in [0.1, 0.15) is 22.8 Å². The second-order valence-electron chi connectivity index (χ2n) is 9.17. The number of pyridine rings is 1. The maximum atomic E-state index is 14.1. The minimum absolute atomic E-state index is 0.0671. The van der Waals surface area contributed by atoms with E-state index in [0.717, 1.165) is 49.2 Å². The zero-order chi connectivity index (χ0) is 25.6. The first-order valence-corrected chi connectivity index (χ1v) is 12.5. The second kappa shape index (κ2) is 9.45. The van der Waals surface area contributed by atoms with E-state index in [-0.39, 0.29) is 28.2 Å². The van der Waals surface area contributed by atoms with Crippen LogP contribution in [-0.2, 0) is 6.42 Å². The summed E-state index contributed by atoms with van der Waals surface area (Å²) in [4.78, 5) is 27.7. The van der Waals surface area contributed by atoms with Crippen LogP contribution in [0.1, 0.15) is 46.7 Å². The summed E-state index contributed by atoms with van der Waals surface area (Å²) in [5.41, 5.74) is -0.525. The van der Waals surface area contributed by atoms with Crippen molar-refractivity contribution in [2.45, 2.75) is 38.3 Å². The quantitative estimate of drug-likeness (QED) is 0.506. The average molecular weight is 514 g/mol. The predicted octanol–water partition coefficient (Wildman–Crippen LogP) is 3.67. The number of halogens is 2. The van der Waals surface area contributed by atoms with Gasteiger partial charge in [0.25, 0.3) is 5.91 Å². The van der Waals surface area contributed by atoms with Crippen LogP contribution >= 0.6 is 11.3 Å². The van der Waals surface area contributed by atoms with Gasteiger partial charge in [0.15, 0.2) is 16.5 Å². The van der Waals surface area contributed by atoms with Crippen LogP contribution in [0.5, 0.6) is 5.75 Å². The third kappa shape index (κ3) is 4.17. The zero-order valence-electron chi connectivity index (χ0n) is 19.7. The standard InChI is InChI=1S/C25H25F2N5O3S/c1-3-20-30(2)25(35)21-23(34)22(33)17(13-32(21)31(20)12-14-6-4-5-7-14)24-29-28-19(36-24)10-15-8-9-16(26)11-18(15)27/h3,8-9,11,13-14,20,34H,1,4-7,10,12H2,2H3/t20-/m0/s1. The maximum Gasteiger partial charge on any atom is 0.278 e. The van der Waals surface area contributed by atoms with Crippen LogP contribution in [0.2, 0.25) is 0 Å². The van der Waals surface area contributed by atoms with E-state index in [1.54, 1.807) is 17.8 Å². The minimum Gasteiger partial charge on any atom is -0.502 e. The number of nitrogens with zero attached hydrogens (tertiary/aromatic N) is 5. The van der Waals surface area contributed by atoms with Crippen molar-refractivity contribution < 1.29 is 18.7 Å². The average Bonchev–Trinajstić information content (AvgIpc) is 3.53. The highest BCUT2D eigenvalue weighted by Gasteiger charge is 2.38. The molecule has 3 heterocycles. The molecule has 0 radical (unpaired) electrons. The number of aromatic nitrogens is 3. The van der Waals surface area contributed by atoms with E-state index >= 15 is 0 Å². The van der Waals surface area contributed by atoms with Gasteiger partial charge in [-0.15, -0.1) is 10.2 Å². The minimum atomic E-state index is -0.739. The van der Waals surface area contributed by atoms with Crippen LogP contribution in [0, 0.1) is 17.6 Å². The van der Waals surface area contributed by atoms with Gasteiger partial charge in [-0.25, -0.2) is 8.78 Å². The monoisotopic (exact) mass is 513 g/mol. The Labute approximate surface area is 210 Å². The molecule has 1 saturated carbocycles. The molecule has 1 N–H and O–H groups in total. The summed E-state index contributed by atoms with van der Waals surface area (Å²) in [5, 5.41) is 21.6. The predicted molar refractivity (Wildman–Crippen MR) is 132 cm³/mol. The van der Waals surface area contributed by atoms with Crippen LogP contribution in [0.25, 0.3) is 10.6 Å². The van der Waals surface area contributed by atoms with E-state index in [1.165, 1.54) is 17.2 Å². The molecule has 5 rings (SSSR count). The smallest absolute Gasteiger partial charge is 0.278 e. The molecular weight excluding hydrogens is 488 g/mol. The van der Waals surface area contributed by atoms with Gasteiger partial charge in [-0.3, -0.25) is 19.3 Å². The molecule has 1 aliphatic carbocycles. The summed E-state index contributed by atoms with van der Waals surface area (Å²) in [6.07, 6.45) is 7.17. The van der Waals surface area contributed by atoms with Gasteiger partial charge < -0.3 is 10.0 Å². The molecule has 1 aromatic carbocycles. The molecule has 3 aromatic rings. The molecule has 36 heavy (non-hydrogen) atoms. The van der Waals surface area contributed by atoms with Crippen molar-refractivity contribution >= 4 is 17.2 Å². The Morgan fingerprint density at radius 1 is 1.22 bits per heavy atom. The SMILES string of the molecule is C=C[C@H]1N(C)C(=O)c2c(O)c(=O)c(-c3nnc(Cc4ccc(F)cc4F)s3)cn2N1CC1CCCC1. The topological polar surface area (TPSA) is 91.6 Å². The number of hydrogen-bond donors (Lipinski definition) is 1. The summed E-state index contributed by atoms with van der Waals surface area (Å²) in [7, 11) is 1.61. The molecule has 0 saturated heterocycles. The summed E-state index contributed by atoms with van der Waals surface area (Å²) in [6, 6.07) is 3.30. The van der Waals surface area contributed by atoms with Crippen LogP contribution in [0.15, 0.2) is 41.8 Å². The Morgan fingerprint density at radius 3 is 2.67 bits per heavy atom. The van der Waals surface area contributed by atoms with E-state index < -0.39 is 34.9 Å². The summed E-state index contributed by atoms with van der Waals surface area (Å²) in [5.74, 6) is -2.12. The molecule has 0 unspecified atom stereocenters. The van der Waals surface area contributed by atoms with E-state index in [0.29, 0.717) is 17.5 Å². The van der Waals surface area contributed by atoms with Gasteiger partial charge in [-0.1, -0.05) is 36.8 Å². The normalized spacial score (nSPS) is 18.1. The highest BCUT2D eigenvalue weighted by molar-refractivity contribution is 7.14. The van der Waals surface area contributed by atoms with E-state index in [1.807, 2.05) is 5.01 Å². The Bertz CT molecular complexity index is 1400. The van der Waals surface area contributed by atoms with Crippen LogP contribution in [0.4, 0.5) is 8.78 Å². The van der Waals surface area contributed by atoms with Gasteiger partial charge in [0.2, 0.25) is 5.43 Å². The number of amides is 1. The van der Waals surface area contributed by atoms with Crippen molar-refractivity contribution in [3.8, 4) is 16.3 Å². The van der Waals surface area contributed by atoms with E-state index in [9.17, 15) is 23.5 Å². The molecule has 1 aliphatic heterocycles. The lowest BCUT2D eigenvalue weighted by Crippen LogP contribution is -2.60. The largest absolute Gasteiger partial charge is 0.502 e. The van der Waals surface area contributed by atoms with Gasteiger partial charge in [0.05, 0.1) is 5.56 Å². The third-order valence-corrected chi connectivity index (χ3v) is 7.81. The summed E-state index contributed by atoms with van der Waals surface area (Å²) in [6.45, 7) is 4.52. The fraction of sp³-hybridized carbons (Fsp3) is 0.360. The number of fused-ring (bicyclic) bond motifs is 1. The van der Waals surface area contributed by atoms with Crippen LogP contribution < -0.4 is 10.4 Å². The van der Waals surface area contributed by atoms with Gasteiger partial charge in [0, 0.05) is 32.3 Å². The Kier molecular flexibility index (Phi) is 6.33. The highest BCUT2D eigenvalue weighted by atomic mass is 32.1. The molecule has 1 amide bonds. The molecule has 2 aromatic heterocycles. The van der Waals surface area contributed by atoms with Crippen LogP contribution in [0.3, 0.4) is 0 Å². The fourth-order valence-electron chi connectivity index (χ4n) is 4.95.